The van der Waals surface area contributed by atoms with Gasteiger partial charge in [-0.15, -0.1) is 5.10 Å². The summed E-state index contributed by atoms with van der Waals surface area (Å²) >= 11 is 5.96. The molecule has 1 saturated carbocycles. The van der Waals surface area contributed by atoms with Gasteiger partial charge in [0, 0.05) is 24.5 Å². The Balaban J connectivity index is 1.71. The van der Waals surface area contributed by atoms with Crippen molar-refractivity contribution >= 4 is 17.6 Å². The molecule has 2 aromatic rings. The van der Waals surface area contributed by atoms with E-state index >= 15 is 0 Å². The molecule has 5 heteroatoms. The first kappa shape index (κ1) is 11.5. The molecular formula is C13H14ClN3O. The van der Waals surface area contributed by atoms with Crippen LogP contribution in [0.15, 0.2) is 28.7 Å². The van der Waals surface area contributed by atoms with Crippen LogP contribution in [0.1, 0.15) is 30.2 Å². The molecule has 1 aliphatic carbocycles. The van der Waals surface area contributed by atoms with Gasteiger partial charge in [0.25, 0.3) is 0 Å². The molecule has 1 fully saturated rings. The number of nitrogens with zero attached hydrogens (tertiary/aromatic N) is 3. The van der Waals surface area contributed by atoms with Gasteiger partial charge >= 0.3 is 6.01 Å². The van der Waals surface area contributed by atoms with Crippen molar-refractivity contribution < 1.29 is 4.42 Å². The molecule has 18 heavy (non-hydrogen) atoms. The Bertz CT molecular complexity index is 551. The van der Waals surface area contributed by atoms with Gasteiger partial charge in [-0.25, -0.2) is 0 Å². The Morgan fingerprint density at radius 3 is 2.94 bits per heavy atom. The van der Waals surface area contributed by atoms with Crippen LogP contribution < -0.4 is 4.90 Å². The molecule has 0 spiro atoms. The fraction of sp³-hybridized carbons (Fsp3) is 0.385. The minimum atomic E-state index is 0.491. The molecule has 0 unspecified atom stereocenters. The zero-order valence-electron chi connectivity index (χ0n) is 10.1. The van der Waals surface area contributed by atoms with Crippen molar-refractivity contribution in [3.63, 3.8) is 0 Å². The molecule has 3 rings (SSSR count). The second-order valence-corrected chi connectivity index (χ2v) is 5.12. The molecule has 1 aromatic carbocycles. The monoisotopic (exact) mass is 263 g/mol. The lowest BCUT2D eigenvalue weighted by molar-refractivity contribution is 0.490. The molecule has 0 atom stereocenters. The lowest BCUT2D eigenvalue weighted by Crippen LogP contribution is -2.16. The Morgan fingerprint density at radius 1 is 1.39 bits per heavy atom. The first-order valence-electron chi connectivity index (χ1n) is 6.01. The number of hydrogen-bond acceptors (Lipinski definition) is 4. The van der Waals surface area contributed by atoms with E-state index in [0.29, 0.717) is 18.5 Å². The summed E-state index contributed by atoms with van der Waals surface area (Å²) in [6.45, 7) is 0.701. The lowest BCUT2D eigenvalue weighted by Gasteiger charge is -2.13. The van der Waals surface area contributed by atoms with Crippen molar-refractivity contribution in [2.45, 2.75) is 25.3 Å². The molecule has 4 nitrogen and oxygen atoms in total. The zero-order chi connectivity index (χ0) is 12.5. The summed E-state index contributed by atoms with van der Waals surface area (Å²) in [5.74, 6) is 1.26. The smallest absolute Gasteiger partial charge is 0.318 e. The van der Waals surface area contributed by atoms with Gasteiger partial charge in [0.2, 0.25) is 5.89 Å². The maximum Gasteiger partial charge on any atom is 0.318 e. The lowest BCUT2D eigenvalue weighted by atomic mass is 10.2. The van der Waals surface area contributed by atoms with Crippen LogP contribution in [0.3, 0.4) is 0 Å². The van der Waals surface area contributed by atoms with Crippen LogP contribution in [-0.4, -0.2) is 17.2 Å². The van der Waals surface area contributed by atoms with Crippen molar-refractivity contribution in [1.82, 2.24) is 10.2 Å². The third-order valence-corrected chi connectivity index (χ3v) is 3.23. The van der Waals surface area contributed by atoms with Gasteiger partial charge < -0.3 is 9.32 Å². The Labute approximate surface area is 111 Å². The molecule has 0 N–H and O–H groups in total. The minimum absolute atomic E-state index is 0.491. The van der Waals surface area contributed by atoms with Gasteiger partial charge in [-0.2, -0.15) is 0 Å². The maximum atomic E-state index is 5.96. The standard InChI is InChI=1S/C13H14ClN3O/c1-17(8-9-3-2-4-11(14)7-9)13-16-15-12(18-13)10-5-6-10/h2-4,7,10H,5-6,8H2,1H3. The fourth-order valence-electron chi connectivity index (χ4n) is 1.85. The van der Waals surface area contributed by atoms with Crippen molar-refractivity contribution in [2.24, 2.45) is 0 Å². The van der Waals surface area contributed by atoms with Crippen molar-refractivity contribution in [3.05, 3.63) is 40.7 Å². The molecule has 0 bridgehead atoms. The molecule has 94 valence electrons. The molecule has 1 aliphatic rings. The van der Waals surface area contributed by atoms with Crippen molar-refractivity contribution in [3.8, 4) is 0 Å². The van der Waals surface area contributed by atoms with Crippen molar-refractivity contribution in [2.75, 3.05) is 11.9 Å². The van der Waals surface area contributed by atoms with Crippen LogP contribution in [0.25, 0.3) is 0 Å². The van der Waals surface area contributed by atoms with Crippen molar-refractivity contribution in [1.29, 1.82) is 0 Å². The van der Waals surface area contributed by atoms with E-state index in [2.05, 4.69) is 10.2 Å². The number of benzene rings is 1. The Kier molecular flexibility index (Phi) is 2.96. The number of rotatable bonds is 4. The second kappa shape index (κ2) is 4.61. The third-order valence-electron chi connectivity index (χ3n) is 2.99. The first-order valence-corrected chi connectivity index (χ1v) is 6.39. The predicted molar refractivity (Wildman–Crippen MR) is 69.8 cm³/mol. The van der Waals surface area contributed by atoms with Crippen LogP contribution >= 0.6 is 11.6 Å². The number of anilines is 1. The van der Waals surface area contributed by atoms with E-state index in [-0.39, 0.29) is 0 Å². The molecule has 0 aliphatic heterocycles. The number of aromatic nitrogens is 2. The topological polar surface area (TPSA) is 42.2 Å². The average molecular weight is 264 g/mol. The van der Waals surface area contributed by atoms with E-state index < -0.39 is 0 Å². The van der Waals surface area contributed by atoms with Gasteiger partial charge in [0.15, 0.2) is 0 Å². The maximum absolute atomic E-state index is 5.96. The van der Waals surface area contributed by atoms with E-state index in [1.54, 1.807) is 0 Å². The minimum Gasteiger partial charge on any atom is -0.408 e. The summed E-state index contributed by atoms with van der Waals surface area (Å²) in [4.78, 5) is 1.94. The summed E-state index contributed by atoms with van der Waals surface area (Å²) in [5.41, 5.74) is 1.12. The normalized spacial score (nSPS) is 14.8. The Morgan fingerprint density at radius 2 is 2.22 bits per heavy atom. The highest BCUT2D eigenvalue weighted by molar-refractivity contribution is 6.30. The predicted octanol–water partition coefficient (Wildman–Crippen LogP) is 3.24. The molecule has 1 heterocycles. The molecule has 0 saturated heterocycles. The quantitative estimate of drug-likeness (QED) is 0.849. The van der Waals surface area contributed by atoms with E-state index in [4.69, 9.17) is 16.0 Å². The van der Waals surface area contributed by atoms with Gasteiger partial charge in [0.1, 0.15) is 0 Å². The van der Waals surface area contributed by atoms with Crippen LogP contribution in [0.4, 0.5) is 6.01 Å². The van der Waals surface area contributed by atoms with Crippen LogP contribution in [0.2, 0.25) is 5.02 Å². The molecule has 0 radical (unpaired) electrons. The average Bonchev–Trinajstić information content (AvgIpc) is 3.07. The molecule has 1 aromatic heterocycles. The first-order chi connectivity index (χ1) is 8.72. The fourth-order valence-corrected chi connectivity index (χ4v) is 2.07. The largest absolute Gasteiger partial charge is 0.408 e. The highest BCUT2D eigenvalue weighted by Gasteiger charge is 2.29. The van der Waals surface area contributed by atoms with E-state index in [1.807, 2.05) is 36.2 Å². The van der Waals surface area contributed by atoms with Crippen LogP contribution in [0.5, 0.6) is 0 Å². The molecule has 0 amide bonds. The Hall–Kier alpha value is -1.55. The van der Waals surface area contributed by atoms with E-state index in [0.717, 1.165) is 16.5 Å². The highest BCUT2D eigenvalue weighted by atomic mass is 35.5. The van der Waals surface area contributed by atoms with Gasteiger partial charge in [-0.1, -0.05) is 28.8 Å². The summed E-state index contributed by atoms with van der Waals surface area (Å²) in [5, 5.41) is 8.89. The zero-order valence-corrected chi connectivity index (χ0v) is 10.9. The van der Waals surface area contributed by atoms with E-state index in [9.17, 15) is 0 Å². The molecular weight excluding hydrogens is 250 g/mol. The van der Waals surface area contributed by atoms with Crippen LogP contribution in [0, 0.1) is 0 Å². The van der Waals surface area contributed by atoms with Gasteiger partial charge in [0.05, 0.1) is 0 Å². The summed E-state index contributed by atoms with van der Waals surface area (Å²) < 4.78 is 5.64. The second-order valence-electron chi connectivity index (χ2n) is 4.68. The SMILES string of the molecule is CN(Cc1cccc(Cl)c1)c1nnc(C2CC2)o1. The van der Waals surface area contributed by atoms with Gasteiger partial charge in [-0.05, 0) is 30.5 Å². The van der Waals surface area contributed by atoms with Crippen LogP contribution in [-0.2, 0) is 6.54 Å². The summed E-state index contributed by atoms with van der Waals surface area (Å²) in [6.07, 6.45) is 2.33. The van der Waals surface area contributed by atoms with E-state index in [1.165, 1.54) is 12.8 Å². The number of hydrogen-bond donors (Lipinski definition) is 0. The highest BCUT2D eigenvalue weighted by Crippen LogP contribution is 2.39. The summed E-state index contributed by atoms with van der Waals surface area (Å²) in [6, 6.07) is 8.34. The van der Waals surface area contributed by atoms with Gasteiger partial charge in [-0.3, -0.25) is 0 Å². The summed E-state index contributed by atoms with van der Waals surface area (Å²) in [7, 11) is 1.94. The third kappa shape index (κ3) is 2.48. The number of halogens is 1.